The van der Waals surface area contributed by atoms with Crippen LogP contribution in [0.3, 0.4) is 0 Å². The van der Waals surface area contributed by atoms with Crippen molar-refractivity contribution in [1.29, 1.82) is 0 Å². The Labute approximate surface area is 522 Å². The maximum atomic E-state index is 12.8. The molecular weight excluding hydrogens is 1200 g/mol. The van der Waals surface area contributed by atoms with Gasteiger partial charge in [0.1, 0.15) is 122 Å². The van der Waals surface area contributed by atoms with Crippen molar-refractivity contribution >= 4 is 0 Å². The van der Waals surface area contributed by atoms with Gasteiger partial charge in [0.25, 0.3) is 0 Å². The third kappa shape index (κ3) is 13.0. The normalized spacial score (nSPS) is 52.2. The molecule has 20 N–H and O–H groups in total. The van der Waals surface area contributed by atoms with Crippen molar-refractivity contribution in [2.24, 2.45) is 45.3 Å². The van der Waals surface area contributed by atoms with Gasteiger partial charge in [-0.25, -0.2) is 0 Å². The van der Waals surface area contributed by atoms with Crippen LogP contribution in [0.1, 0.15) is 100 Å². The topological polar surface area (TPSA) is 497 Å². The van der Waals surface area contributed by atoms with Gasteiger partial charge in [-0.1, -0.05) is 53.2 Å². The van der Waals surface area contributed by atoms with Crippen molar-refractivity contribution < 1.29 is 149 Å². The maximum absolute atomic E-state index is 12.8. The van der Waals surface area contributed by atoms with Crippen LogP contribution in [0.5, 0.6) is 0 Å². The molecule has 36 unspecified atom stereocenters. The summed E-state index contributed by atoms with van der Waals surface area (Å²) in [6.45, 7) is 11.8. The van der Waals surface area contributed by atoms with E-state index in [1.54, 1.807) is 0 Å². The van der Waals surface area contributed by atoms with E-state index in [9.17, 15) is 102 Å². The molecule has 522 valence electrons. The van der Waals surface area contributed by atoms with E-state index in [4.69, 9.17) is 47.4 Å². The molecule has 5 heterocycles. The summed E-state index contributed by atoms with van der Waals surface area (Å²) in [7, 11) is 0. The minimum absolute atomic E-state index is 0.0568. The lowest BCUT2D eigenvalue weighted by Crippen LogP contribution is -2.68. The van der Waals surface area contributed by atoms with Crippen LogP contribution >= 0.6 is 0 Å². The van der Waals surface area contributed by atoms with Crippen molar-refractivity contribution in [3.8, 4) is 0 Å². The molecule has 3 saturated carbocycles. The van der Waals surface area contributed by atoms with Gasteiger partial charge in [-0.15, -0.1) is 0 Å². The van der Waals surface area contributed by atoms with Crippen LogP contribution in [-0.2, 0) is 47.4 Å². The van der Waals surface area contributed by atoms with Crippen LogP contribution in [0.15, 0.2) is 11.6 Å². The Morgan fingerprint density at radius 1 is 0.511 bits per heavy atom. The number of hydrogen-bond donors (Lipinski definition) is 20. The average Bonchev–Trinajstić information content (AvgIpc) is 1.28. The highest BCUT2D eigenvalue weighted by Crippen LogP contribution is 2.75. The van der Waals surface area contributed by atoms with E-state index in [1.165, 1.54) is 13.8 Å². The molecule has 9 rings (SSSR count). The Hall–Kier alpha value is -1.46. The number of hydrogen-bond acceptors (Lipinski definition) is 30. The fraction of sp³-hybridized carbons (Fsp3) is 0.967. The third-order valence-electron chi connectivity index (χ3n) is 22.8. The van der Waals surface area contributed by atoms with E-state index in [0.717, 1.165) is 5.57 Å². The van der Waals surface area contributed by atoms with Crippen molar-refractivity contribution in [2.45, 2.75) is 284 Å². The number of fused-ring (bicyclic) bond motifs is 5. The molecule has 0 amide bonds. The predicted molar refractivity (Wildman–Crippen MR) is 302 cm³/mol. The first-order valence-electron chi connectivity index (χ1n) is 31.7. The molecule has 36 atom stereocenters. The lowest BCUT2D eigenvalue weighted by Gasteiger charge is -2.68. The molecule has 0 aromatic carbocycles. The summed E-state index contributed by atoms with van der Waals surface area (Å²) in [5.74, 6) is -0.884. The van der Waals surface area contributed by atoms with E-state index in [1.807, 2.05) is 26.8 Å². The summed E-state index contributed by atoms with van der Waals surface area (Å²) in [4.78, 5) is 0. The largest absolute Gasteiger partial charge is 0.394 e. The first-order chi connectivity index (χ1) is 42.0. The van der Waals surface area contributed by atoms with Gasteiger partial charge >= 0.3 is 0 Å². The molecule has 4 aliphatic carbocycles. The fourth-order valence-electron chi connectivity index (χ4n) is 17.1. The van der Waals surface area contributed by atoms with Gasteiger partial charge in [0.2, 0.25) is 0 Å². The second kappa shape index (κ2) is 27.8. The van der Waals surface area contributed by atoms with E-state index >= 15 is 0 Å². The summed E-state index contributed by atoms with van der Waals surface area (Å²) < 4.78 is 59.2. The lowest BCUT2D eigenvalue weighted by atomic mass is 9.37. The molecule has 9 aliphatic rings. The Morgan fingerprint density at radius 3 is 1.43 bits per heavy atom. The molecule has 5 aliphatic heterocycles. The quantitative estimate of drug-likeness (QED) is 0.0504. The zero-order chi connectivity index (χ0) is 66.4. The van der Waals surface area contributed by atoms with Crippen molar-refractivity contribution in [3.63, 3.8) is 0 Å². The van der Waals surface area contributed by atoms with Gasteiger partial charge in [0.05, 0.1) is 63.1 Å². The van der Waals surface area contributed by atoms with Gasteiger partial charge < -0.3 is 149 Å². The van der Waals surface area contributed by atoms with Gasteiger partial charge in [-0.2, -0.15) is 0 Å². The number of rotatable bonds is 20. The Morgan fingerprint density at radius 2 is 0.944 bits per heavy atom. The zero-order valence-electron chi connectivity index (χ0n) is 52.1. The minimum Gasteiger partial charge on any atom is -0.394 e. The fourth-order valence-corrected chi connectivity index (χ4v) is 17.1. The summed E-state index contributed by atoms with van der Waals surface area (Å²) in [6, 6.07) is 0. The SMILES string of the molecule is CC(CCC(OC1OC(COC2OC(CO)C(O)C(O)C2O)C(O)C(O)C1OC1OC(CO)C(O)C(O)C1O)C(C)(C)O)C1CCC2(C)C3C(O)C=C4C(CCC(OC5OC(COC6OC(CO)C(O)C(O)C6O)C(O)C(O)C5O)C4(C)C)C3(C)C(O)CC12C. The standard InChI is InChI=1S/C60H102O30/c1-22(9-11-34(57(4,5)80)89-55-49(90-54-48(79)42(73)37(68)29(19-63)85-54)44(75)39(70)31(87-55)21-82-52-46(77)41(72)36(67)28(18-62)84-52)23-13-14-58(6)50-26(64)15-25-24(60(50,8)32(65)16-59(23,58)7)10-12-33(56(25,2)3)88-53-47(78)43(74)38(69)30(86-53)20-81-51-45(76)40(71)35(66)27(17-61)83-51/h15,22-24,26-55,61-80H,9-14,16-21H2,1-8H3. The molecular formula is C60H102O30. The highest BCUT2D eigenvalue weighted by molar-refractivity contribution is 5.34. The summed E-state index contributed by atoms with van der Waals surface area (Å²) >= 11 is 0. The van der Waals surface area contributed by atoms with E-state index in [2.05, 4.69) is 20.8 Å². The molecule has 30 nitrogen and oxygen atoms in total. The van der Waals surface area contributed by atoms with E-state index in [0.29, 0.717) is 38.5 Å². The molecule has 0 aromatic rings. The first-order valence-corrected chi connectivity index (χ1v) is 31.7. The van der Waals surface area contributed by atoms with Crippen LogP contribution in [0.4, 0.5) is 0 Å². The van der Waals surface area contributed by atoms with Gasteiger partial charge in [-0.3, -0.25) is 0 Å². The molecule has 0 spiro atoms. The number of aliphatic hydroxyl groups is 20. The molecule has 8 fully saturated rings. The molecule has 90 heavy (non-hydrogen) atoms. The smallest absolute Gasteiger partial charge is 0.187 e. The van der Waals surface area contributed by atoms with Gasteiger partial charge in [-0.05, 0) is 87.4 Å². The van der Waals surface area contributed by atoms with Gasteiger partial charge in [0.15, 0.2) is 31.5 Å². The highest BCUT2D eigenvalue weighted by atomic mass is 16.8. The van der Waals surface area contributed by atoms with Crippen molar-refractivity contribution in [3.05, 3.63) is 11.6 Å². The molecule has 5 saturated heterocycles. The Bertz CT molecular complexity index is 2380. The lowest BCUT2D eigenvalue weighted by molar-refractivity contribution is -0.380. The summed E-state index contributed by atoms with van der Waals surface area (Å²) in [5, 5.41) is 218. The third-order valence-corrected chi connectivity index (χ3v) is 22.8. The Balaban J connectivity index is 0.895. The van der Waals surface area contributed by atoms with Crippen molar-refractivity contribution in [2.75, 3.05) is 33.0 Å². The number of ether oxygens (including phenoxy) is 10. The van der Waals surface area contributed by atoms with Crippen molar-refractivity contribution in [1.82, 2.24) is 0 Å². The van der Waals surface area contributed by atoms with Crippen LogP contribution < -0.4 is 0 Å². The second-order valence-electron chi connectivity index (χ2n) is 28.9. The van der Waals surface area contributed by atoms with E-state index < -0.39 is 244 Å². The van der Waals surface area contributed by atoms with Crippen LogP contribution in [-0.4, -0.2) is 319 Å². The summed E-state index contributed by atoms with van der Waals surface area (Å²) in [6.07, 6.45) is -41.2. The monoisotopic (exact) mass is 1300 g/mol. The van der Waals surface area contributed by atoms with Crippen LogP contribution in [0.2, 0.25) is 0 Å². The summed E-state index contributed by atoms with van der Waals surface area (Å²) in [5.41, 5.74) is -3.69. The molecule has 0 aromatic heterocycles. The molecule has 30 heteroatoms. The Kier molecular flexibility index (Phi) is 22.5. The molecule has 0 radical (unpaired) electrons. The predicted octanol–water partition coefficient (Wildman–Crippen LogP) is -6.44. The van der Waals surface area contributed by atoms with E-state index in [-0.39, 0.29) is 24.2 Å². The van der Waals surface area contributed by atoms with Crippen LogP contribution in [0, 0.1) is 45.3 Å². The number of aliphatic hydroxyl groups excluding tert-OH is 19. The first kappa shape index (κ1) is 72.8. The highest BCUT2D eigenvalue weighted by Gasteiger charge is 2.72. The van der Waals surface area contributed by atoms with Crippen LogP contribution in [0.25, 0.3) is 0 Å². The minimum atomic E-state index is -1.98. The average molecular weight is 1300 g/mol. The zero-order valence-corrected chi connectivity index (χ0v) is 52.1. The van der Waals surface area contributed by atoms with Gasteiger partial charge in [0, 0.05) is 16.7 Å². The maximum Gasteiger partial charge on any atom is 0.187 e. The second-order valence-corrected chi connectivity index (χ2v) is 28.9. The molecule has 0 bridgehead atoms.